The molecule has 1 aromatic carbocycles. The number of nitrogens with one attached hydrogen (secondary N) is 1. The van der Waals surface area contributed by atoms with Gasteiger partial charge in [0, 0.05) is 16.8 Å². The lowest BCUT2D eigenvalue weighted by Crippen LogP contribution is -2.17. The Balaban J connectivity index is 2.13. The number of benzene rings is 1. The maximum absolute atomic E-state index is 12.1. The van der Waals surface area contributed by atoms with Crippen LogP contribution in [0.15, 0.2) is 16.9 Å². The number of rotatable bonds is 2. The van der Waals surface area contributed by atoms with Crippen molar-refractivity contribution in [2.24, 2.45) is 0 Å². The minimum absolute atomic E-state index is 0.119. The highest BCUT2D eigenvalue weighted by atomic mass is 35.5. The van der Waals surface area contributed by atoms with Gasteiger partial charge in [-0.2, -0.15) is 0 Å². The molecule has 0 amide bonds. The summed E-state index contributed by atoms with van der Waals surface area (Å²) in [6.45, 7) is 4.72. The van der Waals surface area contributed by atoms with E-state index in [-0.39, 0.29) is 5.56 Å². The molecule has 6 heteroatoms. The highest BCUT2D eigenvalue weighted by Gasteiger charge is 2.18. The van der Waals surface area contributed by atoms with Crippen LogP contribution in [-0.2, 0) is 6.42 Å². The standard InChI is InChI=1S/C15H15ClN2O3/c1-3-10-8(2)17-14(18-15(10)19)9-6-11(16)13-12(7-9)20-4-5-21-13/h6-7H,3-5H2,1-2H3,(H,17,18,19). The highest BCUT2D eigenvalue weighted by Crippen LogP contribution is 2.40. The van der Waals surface area contributed by atoms with Crippen LogP contribution in [0.4, 0.5) is 0 Å². The van der Waals surface area contributed by atoms with Gasteiger partial charge in [0.15, 0.2) is 11.5 Å². The Bertz CT molecular complexity index is 755. The van der Waals surface area contributed by atoms with Crippen molar-refractivity contribution in [3.05, 3.63) is 38.8 Å². The molecule has 0 saturated heterocycles. The molecule has 21 heavy (non-hydrogen) atoms. The van der Waals surface area contributed by atoms with E-state index in [0.717, 1.165) is 5.69 Å². The number of ether oxygens (including phenoxy) is 2. The zero-order valence-corrected chi connectivity index (χ0v) is 12.6. The molecule has 2 aromatic rings. The predicted molar refractivity (Wildman–Crippen MR) is 80.4 cm³/mol. The normalized spacial score (nSPS) is 13.3. The number of nitrogens with zero attached hydrogens (tertiary/aromatic N) is 1. The van der Waals surface area contributed by atoms with Crippen molar-refractivity contribution in [2.75, 3.05) is 13.2 Å². The van der Waals surface area contributed by atoms with Crippen LogP contribution in [0, 0.1) is 6.92 Å². The Labute approximate surface area is 126 Å². The number of fused-ring (bicyclic) bond motifs is 1. The summed E-state index contributed by atoms with van der Waals surface area (Å²) in [7, 11) is 0. The number of halogens is 1. The fourth-order valence-electron chi connectivity index (χ4n) is 2.41. The zero-order chi connectivity index (χ0) is 15.0. The van der Waals surface area contributed by atoms with Gasteiger partial charge in [0.2, 0.25) is 0 Å². The quantitative estimate of drug-likeness (QED) is 0.926. The summed E-state index contributed by atoms with van der Waals surface area (Å²) in [6.07, 6.45) is 0.649. The lowest BCUT2D eigenvalue weighted by molar-refractivity contribution is 0.172. The predicted octanol–water partition coefficient (Wildman–Crippen LogP) is 2.73. The van der Waals surface area contributed by atoms with E-state index in [2.05, 4.69) is 9.97 Å². The first-order valence-electron chi connectivity index (χ1n) is 6.79. The Morgan fingerprint density at radius 2 is 2.10 bits per heavy atom. The minimum atomic E-state index is -0.119. The third-order valence-corrected chi connectivity index (χ3v) is 3.73. The molecule has 0 spiro atoms. The third kappa shape index (κ3) is 2.49. The SMILES string of the molecule is CCc1c(C)nc(-c2cc(Cl)c3c(c2)OCCO3)[nH]c1=O. The van der Waals surface area contributed by atoms with Crippen LogP contribution in [0.1, 0.15) is 18.2 Å². The smallest absolute Gasteiger partial charge is 0.254 e. The first-order valence-corrected chi connectivity index (χ1v) is 7.17. The average molecular weight is 307 g/mol. The molecular weight excluding hydrogens is 292 g/mol. The molecule has 5 nitrogen and oxygen atoms in total. The molecule has 1 N–H and O–H groups in total. The van der Waals surface area contributed by atoms with Crippen LogP contribution in [0.2, 0.25) is 5.02 Å². The van der Waals surface area contributed by atoms with Gasteiger partial charge in [-0.25, -0.2) is 4.98 Å². The summed E-state index contributed by atoms with van der Waals surface area (Å²) in [4.78, 5) is 19.3. The monoisotopic (exact) mass is 306 g/mol. The van der Waals surface area contributed by atoms with E-state index in [1.165, 1.54) is 0 Å². The number of hydrogen-bond acceptors (Lipinski definition) is 4. The molecule has 2 heterocycles. The summed E-state index contributed by atoms with van der Waals surface area (Å²) in [5, 5.41) is 0.446. The van der Waals surface area contributed by atoms with E-state index >= 15 is 0 Å². The Kier molecular flexibility index (Phi) is 3.59. The fourth-order valence-corrected chi connectivity index (χ4v) is 2.68. The maximum atomic E-state index is 12.1. The fraction of sp³-hybridized carbons (Fsp3) is 0.333. The molecular formula is C15H15ClN2O3. The molecule has 110 valence electrons. The van der Waals surface area contributed by atoms with Gasteiger partial charge in [-0.05, 0) is 25.5 Å². The summed E-state index contributed by atoms with van der Waals surface area (Å²) in [5.41, 5.74) is 2.00. The van der Waals surface area contributed by atoms with E-state index < -0.39 is 0 Å². The van der Waals surface area contributed by atoms with Crippen LogP contribution < -0.4 is 15.0 Å². The molecule has 1 aromatic heterocycles. The number of aryl methyl sites for hydroxylation is 1. The van der Waals surface area contributed by atoms with Crippen molar-refractivity contribution in [1.29, 1.82) is 0 Å². The van der Waals surface area contributed by atoms with Gasteiger partial charge in [0.25, 0.3) is 5.56 Å². The second-order valence-electron chi connectivity index (χ2n) is 4.81. The summed E-state index contributed by atoms with van der Waals surface area (Å²) >= 11 is 6.21. The second kappa shape index (κ2) is 5.41. The molecule has 1 aliphatic rings. The Morgan fingerprint density at radius 3 is 2.81 bits per heavy atom. The number of aromatic nitrogens is 2. The topological polar surface area (TPSA) is 64.2 Å². The minimum Gasteiger partial charge on any atom is -0.486 e. The van der Waals surface area contributed by atoms with Crippen molar-refractivity contribution in [2.45, 2.75) is 20.3 Å². The van der Waals surface area contributed by atoms with Gasteiger partial charge in [0.1, 0.15) is 19.0 Å². The van der Waals surface area contributed by atoms with Crippen LogP contribution >= 0.6 is 11.6 Å². The molecule has 0 unspecified atom stereocenters. The lowest BCUT2D eigenvalue weighted by Gasteiger charge is -2.20. The van der Waals surface area contributed by atoms with Gasteiger partial charge in [0.05, 0.1) is 5.02 Å². The molecule has 0 bridgehead atoms. The van der Waals surface area contributed by atoms with Crippen LogP contribution in [-0.4, -0.2) is 23.2 Å². The molecule has 0 radical (unpaired) electrons. The summed E-state index contributed by atoms with van der Waals surface area (Å²) in [6, 6.07) is 3.50. The van der Waals surface area contributed by atoms with E-state index in [1.807, 2.05) is 13.8 Å². The zero-order valence-electron chi connectivity index (χ0n) is 11.8. The number of aromatic amines is 1. The number of hydrogen-bond donors (Lipinski definition) is 1. The first kappa shape index (κ1) is 13.9. The second-order valence-corrected chi connectivity index (χ2v) is 5.22. The van der Waals surface area contributed by atoms with Crippen molar-refractivity contribution in [3.8, 4) is 22.9 Å². The van der Waals surface area contributed by atoms with Crippen LogP contribution in [0.25, 0.3) is 11.4 Å². The van der Waals surface area contributed by atoms with Crippen LogP contribution in [0.3, 0.4) is 0 Å². The van der Waals surface area contributed by atoms with Gasteiger partial charge in [-0.3, -0.25) is 4.79 Å². The van der Waals surface area contributed by atoms with Gasteiger partial charge < -0.3 is 14.5 Å². The van der Waals surface area contributed by atoms with Gasteiger partial charge in [-0.1, -0.05) is 18.5 Å². The third-order valence-electron chi connectivity index (χ3n) is 3.45. The van der Waals surface area contributed by atoms with E-state index in [4.69, 9.17) is 21.1 Å². The van der Waals surface area contributed by atoms with Crippen LogP contribution in [0.5, 0.6) is 11.5 Å². The number of H-pyrrole nitrogens is 1. The van der Waals surface area contributed by atoms with Crippen molar-refractivity contribution in [3.63, 3.8) is 0 Å². The summed E-state index contributed by atoms with van der Waals surface area (Å²) < 4.78 is 11.0. The molecule has 0 fully saturated rings. The van der Waals surface area contributed by atoms with E-state index in [1.54, 1.807) is 12.1 Å². The molecule has 1 aliphatic heterocycles. The average Bonchev–Trinajstić information content (AvgIpc) is 2.47. The maximum Gasteiger partial charge on any atom is 0.254 e. The Hall–Kier alpha value is -2.01. The van der Waals surface area contributed by atoms with Gasteiger partial charge >= 0.3 is 0 Å². The lowest BCUT2D eigenvalue weighted by atomic mass is 10.1. The Morgan fingerprint density at radius 1 is 1.33 bits per heavy atom. The van der Waals surface area contributed by atoms with Crippen molar-refractivity contribution >= 4 is 11.6 Å². The molecule has 0 atom stereocenters. The molecule has 0 saturated carbocycles. The molecule has 3 rings (SSSR count). The summed E-state index contributed by atoms with van der Waals surface area (Å²) in [5.74, 6) is 1.59. The van der Waals surface area contributed by atoms with Crippen molar-refractivity contribution < 1.29 is 9.47 Å². The van der Waals surface area contributed by atoms with Gasteiger partial charge in [-0.15, -0.1) is 0 Å². The van der Waals surface area contributed by atoms with E-state index in [9.17, 15) is 4.79 Å². The first-order chi connectivity index (χ1) is 10.1. The van der Waals surface area contributed by atoms with Crippen molar-refractivity contribution in [1.82, 2.24) is 9.97 Å². The van der Waals surface area contributed by atoms with E-state index in [0.29, 0.717) is 53.1 Å². The molecule has 0 aliphatic carbocycles. The largest absolute Gasteiger partial charge is 0.486 e. The highest BCUT2D eigenvalue weighted by molar-refractivity contribution is 6.32.